The third-order valence-corrected chi connectivity index (χ3v) is 2.26. The van der Waals surface area contributed by atoms with E-state index >= 15 is 0 Å². The smallest absolute Gasteiger partial charge is 0.0178 e. The Morgan fingerprint density at radius 1 is 1.33 bits per heavy atom. The fraction of sp³-hybridized carbons (Fsp3) is 1.00. The van der Waals surface area contributed by atoms with Gasteiger partial charge in [-0.15, -0.1) is 0 Å². The molecule has 1 heterocycles. The standard InChI is InChI=1S/C6H13IN2/c7-8-3-6-9-4-1-2-5-9/h8H,1-6H2. The van der Waals surface area contributed by atoms with E-state index < -0.39 is 0 Å². The summed E-state index contributed by atoms with van der Waals surface area (Å²) in [6.07, 6.45) is 2.81. The Balaban J connectivity index is 1.98. The van der Waals surface area contributed by atoms with Gasteiger partial charge in [0.15, 0.2) is 0 Å². The van der Waals surface area contributed by atoms with Crippen molar-refractivity contribution in [1.29, 1.82) is 0 Å². The van der Waals surface area contributed by atoms with Crippen LogP contribution in [0.2, 0.25) is 0 Å². The normalized spacial score (nSPS) is 21.0. The molecule has 0 spiro atoms. The molecule has 1 aliphatic heterocycles. The first kappa shape index (κ1) is 7.75. The summed E-state index contributed by atoms with van der Waals surface area (Å²) in [5.41, 5.74) is 0. The van der Waals surface area contributed by atoms with E-state index in [9.17, 15) is 0 Å². The molecule has 1 fully saturated rings. The zero-order chi connectivity index (χ0) is 6.53. The maximum Gasteiger partial charge on any atom is 0.0178 e. The van der Waals surface area contributed by atoms with Crippen LogP contribution in [0.3, 0.4) is 0 Å². The van der Waals surface area contributed by atoms with Gasteiger partial charge < -0.3 is 4.90 Å². The molecular weight excluding hydrogens is 227 g/mol. The van der Waals surface area contributed by atoms with Crippen molar-refractivity contribution in [2.75, 3.05) is 26.2 Å². The molecule has 0 amide bonds. The first-order chi connectivity index (χ1) is 4.43. The van der Waals surface area contributed by atoms with Crippen LogP contribution in [-0.2, 0) is 0 Å². The summed E-state index contributed by atoms with van der Waals surface area (Å²) in [5.74, 6) is 0. The summed E-state index contributed by atoms with van der Waals surface area (Å²) in [5, 5.41) is 0. The average Bonchev–Trinajstić information content (AvgIpc) is 2.34. The number of halogens is 1. The molecular formula is C6H13IN2. The molecule has 0 unspecified atom stereocenters. The number of nitrogens with zero attached hydrogens (tertiary/aromatic N) is 1. The predicted octanol–water partition coefficient (Wildman–Crippen LogP) is 1.02. The Bertz CT molecular complexity index is 71.5. The van der Waals surface area contributed by atoms with E-state index in [0.29, 0.717) is 0 Å². The van der Waals surface area contributed by atoms with E-state index in [1.807, 2.05) is 0 Å². The minimum absolute atomic E-state index is 1.13. The molecule has 54 valence electrons. The zero-order valence-corrected chi connectivity index (χ0v) is 7.73. The van der Waals surface area contributed by atoms with Crippen LogP contribution in [0.5, 0.6) is 0 Å². The molecule has 0 aliphatic carbocycles. The van der Waals surface area contributed by atoms with Gasteiger partial charge in [0.25, 0.3) is 0 Å². The summed E-state index contributed by atoms with van der Waals surface area (Å²) in [7, 11) is 0. The molecule has 1 aliphatic rings. The highest BCUT2D eigenvalue weighted by Gasteiger charge is 2.09. The van der Waals surface area contributed by atoms with Crippen molar-refractivity contribution in [2.24, 2.45) is 0 Å². The molecule has 0 radical (unpaired) electrons. The van der Waals surface area contributed by atoms with Gasteiger partial charge in [-0.1, -0.05) is 0 Å². The van der Waals surface area contributed by atoms with E-state index in [2.05, 4.69) is 31.3 Å². The van der Waals surface area contributed by atoms with Gasteiger partial charge in [-0.3, -0.25) is 3.53 Å². The average molecular weight is 240 g/mol. The summed E-state index contributed by atoms with van der Waals surface area (Å²) in [4.78, 5) is 2.51. The van der Waals surface area contributed by atoms with Crippen LogP contribution in [0.4, 0.5) is 0 Å². The van der Waals surface area contributed by atoms with Crippen molar-refractivity contribution in [2.45, 2.75) is 12.8 Å². The van der Waals surface area contributed by atoms with Crippen molar-refractivity contribution in [1.82, 2.24) is 8.43 Å². The molecule has 1 rings (SSSR count). The van der Waals surface area contributed by atoms with Gasteiger partial charge in [0.1, 0.15) is 0 Å². The molecule has 9 heavy (non-hydrogen) atoms. The molecule has 0 atom stereocenters. The molecule has 0 aromatic heterocycles. The Labute approximate surface area is 70.5 Å². The molecule has 0 saturated carbocycles. The first-order valence-electron chi connectivity index (χ1n) is 3.49. The van der Waals surface area contributed by atoms with Crippen LogP contribution < -0.4 is 3.53 Å². The molecule has 2 nitrogen and oxygen atoms in total. The Kier molecular flexibility index (Phi) is 3.85. The molecule has 1 saturated heterocycles. The lowest BCUT2D eigenvalue weighted by Gasteiger charge is -2.12. The third kappa shape index (κ3) is 2.82. The second-order valence-electron chi connectivity index (χ2n) is 2.43. The first-order valence-corrected chi connectivity index (χ1v) is 4.57. The van der Waals surface area contributed by atoms with Crippen molar-refractivity contribution < 1.29 is 0 Å². The molecule has 0 bridgehead atoms. The van der Waals surface area contributed by atoms with Gasteiger partial charge >= 0.3 is 0 Å². The lowest BCUT2D eigenvalue weighted by molar-refractivity contribution is 0.347. The van der Waals surface area contributed by atoms with E-state index in [0.717, 1.165) is 6.54 Å². The Morgan fingerprint density at radius 3 is 2.56 bits per heavy atom. The van der Waals surface area contributed by atoms with Crippen molar-refractivity contribution >= 4 is 22.9 Å². The van der Waals surface area contributed by atoms with E-state index in [4.69, 9.17) is 0 Å². The second kappa shape index (κ2) is 4.46. The van der Waals surface area contributed by atoms with Crippen LogP contribution in [0.1, 0.15) is 12.8 Å². The highest BCUT2D eigenvalue weighted by molar-refractivity contribution is 14.1. The summed E-state index contributed by atoms with van der Waals surface area (Å²) < 4.78 is 3.12. The van der Waals surface area contributed by atoms with Crippen molar-refractivity contribution in [3.63, 3.8) is 0 Å². The number of hydrogen-bond acceptors (Lipinski definition) is 2. The Morgan fingerprint density at radius 2 is 2.00 bits per heavy atom. The van der Waals surface area contributed by atoms with Crippen LogP contribution >= 0.6 is 22.9 Å². The minimum Gasteiger partial charge on any atom is -0.302 e. The van der Waals surface area contributed by atoms with Gasteiger partial charge in [-0.05, 0) is 25.9 Å². The maximum absolute atomic E-state index is 3.12. The third-order valence-electron chi connectivity index (χ3n) is 1.72. The van der Waals surface area contributed by atoms with Crippen molar-refractivity contribution in [3.8, 4) is 0 Å². The summed E-state index contributed by atoms with van der Waals surface area (Å²) in [6, 6.07) is 0. The second-order valence-corrected chi connectivity index (χ2v) is 3.20. The van der Waals surface area contributed by atoms with Gasteiger partial charge in [-0.25, -0.2) is 0 Å². The van der Waals surface area contributed by atoms with Gasteiger partial charge in [0, 0.05) is 36.0 Å². The number of nitrogens with one attached hydrogen (secondary N) is 1. The molecule has 0 aromatic carbocycles. The monoisotopic (exact) mass is 240 g/mol. The van der Waals surface area contributed by atoms with E-state index in [1.165, 1.54) is 32.5 Å². The lowest BCUT2D eigenvalue weighted by Crippen LogP contribution is -2.26. The highest BCUT2D eigenvalue weighted by atomic mass is 127. The fourth-order valence-electron chi connectivity index (χ4n) is 1.21. The Hall–Kier alpha value is 0.650. The van der Waals surface area contributed by atoms with Crippen LogP contribution in [0.15, 0.2) is 0 Å². The lowest BCUT2D eigenvalue weighted by atomic mass is 10.4. The molecule has 1 N–H and O–H groups in total. The van der Waals surface area contributed by atoms with Gasteiger partial charge in [-0.2, -0.15) is 0 Å². The SMILES string of the molecule is INCCN1CCCC1. The van der Waals surface area contributed by atoms with E-state index in [1.54, 1.807) is 0 Å². The predicted molar refractivity (Wildman–Crippen MR) is 47.7 cm³/mol. The molecule has 3 heteroatoms. The fourth-order valence-corrected chi connectivity index (χ4v) is 1.45. The summed E-state index contributed by atoms with van der Waals surface area (Å²) in [6.45, 7) is 4.99. The highest BCUT2D eigenvalue weighted by Crippen LogP contribution is 2.05. The van der Waals surface area contributed by atoms with Gasteiger partial charge in [0.05, 0.1) is 0 Å². The molecule has 0 aromatic rings. The number of rotatable bonds is 3. The summed E-state index contributed by atoms with van der Waals surface area (Å²) >= 11 is 2.20. The van der Waals surface area contributed by atoms with E-state index in [-0.39, 0.29) is 0 Å². The van der Waals surface area contributed by atoms with Gasteiger partial charge in [0.2, 0.25) is 0 Å². The topological polar surface area (TPSA) is 15.3 Å². The minimum atomic E-state index is 1.13. The quantitative estimate of drug-likeness (QED) is 0.585. The van der Waals surface area contributed by atoms with Crippen LogP contribution in [-0.4, -0.2) is 31.1 Å². The number of likely N-dealkylation sites (tertiary alicyclic amines) is 1. The maximum atomic E-state index is 3.12. The van der Waals surface area contributed by atoms with Crippen LogP contribution in [0, 0.1) is 0 Å². The van der Waals surface area contributed by atoms with Crippen molar-refractivity contribution in [3.05, 3.63) is 0 Å². The van der Waals surface area contributed by atoms with Crippen LogP contribution in [0.25, 0.3) is 0 Å². The largest absolute Gasteiger partial charge is 0.302 e. The number of hydrogen-bond donors (Lipinski definition) is 1. The zero-order valence-electron chi connectivity index (χ0n) is 5.57.